The summed E-state index contributed by atoms with van der Waals surface area (Å²) in [4.78, 5) is 20.6. The van der Waals surface area contributed by atoms with Crippen LogP contribution in [-0.4, -0.2) is 30.4 Å². The first-order chi connectivity index (χ1) is 8.74. The number of aromatic nitrogens is 2. The van der Waals surface area contributed by atoms with Crippen molar-refractivity contribution >= 4 is 17.9 Å². The van der Waals surface area contributed by atoms with Crippen molar-refractivity contribution in [3.05, 3.63) is 42.2 Å². The van der Waals surface area contributed by atoms with Gasteiger partial charge in [-0.3, -0.25) is 4.79 Å². The molecule has 18 heavy (non-hydrogen) atoms. The van der Waals surface area contributed by atoms with Crippen LogP contribution in [0.25, 0.3) is 0 Å². The van der Waals surface area contributed by atoms with E-state index in [4.69, 9.17) is 4.74 Å². The molecule has 0 saturated carbocycles. The molecule has 0 amide bonds. The lowest BCUT2D eigenvalue weighted by molar-refractivity contribution is 0.112. The van der Waals surface area contributed by atoms with Crippen molar-refractivity contribution < 1.29 is 9.53 Å². The van der Waals surface area contributed by atoms with Gasteiger partial charge in [0.2, 0.25) is 5.95 Å². The maximum absolute atomic E-state index is 10.5. The Morgan fingerprint density at radius 2 is 1.78 bits per heavy atom. The van der Waals surface area contributed by atoms with Gasteiger partial charge in [-0.1, -0.05) is 0 Å². The predicted molar refractivity (Wildman–Crippen MR) is 68.5 cm³/mol. The van der Waals surface area contributed by atoms with Crippen LogP contribution in [0.1, 0.15) is 10.4 Å². The third kappa shape index (κ3) is 2.45. The number of methoxy groups -OCH3 is 1. The van der Waals surface area contributed by atoms with Crippen LogP contribution >= 0.6 is 0 Å². The van der Waals surface area contributed by atoms with Crippen LogP contribution < -0.4 is 9.64 Å². The van der Waals surface area contributed by atoms with E-state index >= 15 is 0 Å². The molecule has 1 aromatic heterocycles. The maximum Gasteiger partial charge on any atom is 0.229 e. The van der Waals surface area contributed by atoms with Gasteiger partial charge in [0.1, 0.15) is 5.75 Å². The summed E-state index contributed by atoms with van der Waals surface area (Å²) in [6.45, 7) is 0. The lowest BCUT2D eigenvalue weighted by Crippen LogP contribution is -2.12. The molecule has 0 aliphatic carbocycles. The Bertz CT molecular complexity index is 523. The molecular weight excluding hydrogens is 230 g/mol. The summed E-state index contributed by atoms with van der Waals surface area (Å²) < 4.78 is 5.10. The summed E-state index contributed by atoms with van der Waals surface area (Å²) in [6, 6.07) is 7.56. The zero-order valence-corrected chi connectivity index (χ0v) is 10.2. The smallest absolute Gasteiger partial charge is 0.229 e. The van der Waals surface area contributed by atoms with Crippen LogP contribution in [0.3, 0.4) is 0 Å². The quantitative estimate of drug-likeness (QED) is 0.769. The summed E-state index contributed by atoms with van der Waals surface area (Å²) in [5.41, 5.74) is 1.40. The second-order valence-corrected chi connectivity index (χ2v) is 3.69. The molecule has 0 saturated heterocycles. The predicted octanol–water partition coefficient (Wildman–Crippen LogP) is 2.07. The fraction of sp³-hybridized carbons (Fsp3) is 0.154. The first-order valence-electron chi connectivity index (χ1n) is 5.39. The topological polar surface area (TPSA) is 55.3 Å². The zero-order valence-electron chi connectivity index (χ0n) is 10.2. The Labute approximate surface area is 105 Å². The minimum atomic E-state index is 0.460. The van der Waals surface area contributed by atoms with E-state index in [-0.39, 0.29) is 0 Å². The molecule has 0 N–H and O–H groups in total. The van der Waals surface area contributed by atoms with Gasteiger partial charge in [-0.05, 0) is 24.3 Å². The summed E-state index contributed by atoms with van der Waals surface area (Å²) in [5, 5.41) is 0. The Kier molecular flexibility index (Phi) is 3.52. The molecule has 1 heterocycles. The van der Waals surface area contributed by atoms with Gasteiger partial charge in [0.05, 0.1) is 12.7 Å². The number of aldehydes is 1. The number of carbonyl (C=O) groups excluding carboxylic acids is 1. The zero-order chi connectivity index (χ0) is 13.0. The van der Waals surface area contributed by atoms with E-state index < -0.39 is 0 Å². The number of rotatable bonds is 4. The van der Waals surface area contributed by atoms with Gasteiger partial charge < -0.3 is 9.64 Å². The molecule has 0 bridgehead atoms. The fourth-order valence-electron chi connectivity index (χ4n) is 1.49. The second-order valence-electron chi connectivity index (χ2n) is 3.69. The Morgan fingerprint density at radius 3 is 2.28 bits per heavy atom. The number of benzene rings is 1. The van der Waals surface area contributed by atoms with Crippen LogP contribution in [0.4, 0.5) is 11.6 Å². The van der Waals surface area contributed by atoms with Crippen molar-refractivity contribution in [2.45, 2.75) is 0 Å². The highest BCUT2D eigenvalue weighted by Crippen LogP contribution is 2.22. The molecule has 0 aliphatic rings. The first-order valence-corrected chi connectivity index (χ1v) is 5.39. The molecule has 0 fully saturated rings. The van der Waals surface area contributed by atoms with Crippen molar-refractivity contribution in [2.24, 2.45) is 0 Å². The molecule has 0 spiro atoms. The summed E-state index contributed by atoms with van der Waals surface area (Å²) in [5.74, 6) is 1.33. The third-order valence-corrected chi connectivity index (χ3v) is 2.55. The lowest BCUT2D eigenvalue weighted by Gasteiger charge is -2.17. The Morgan fingerprint density at radius 1 is 1.17 bits per heavy atom. The minimum absolute atomic E-state index is 0.460. The molecule has 1 aromatic carbocycles. The van der Waals surface area contributed by atoms with Gasteiger partial charge in [-0.25, -0.2) is 9.97 Å². The van der Waals surface area contributed by atoms with E-state index in [0.29, 0.717) is 11.5 Å². The van der Waals surface area contributed by atoms with E-state index in [2.05, 4.69) is 9.97 Å². The van der Waals surface area contributed by atoms with E-state index in [1.807, 2.05) is 36.2 Å². The van der Waals surface area contributed by atoms with Gasteiger partial charge in [0.25, 0.3) is 0 Å². The molecule has 2 aromatic rings. The van der Waals surface area contributed by atoms with Gasteiger partial charge in [0, 0.05) is 25.1 Å². The van der Waals surface area contributed by atoms with Gasteiger partial charge in [-0.15, -0.1) is 0 Å². The molecule has 2 rings (SSSR count). The van der Waals surface area contributed by atoms with Crippen LogP contribution in [0.15, 0.2) is 36.7 Å². The monoisotopic (exact) mass is 243 g/mol. The van der Waals surface area contributed by atoms with Crippen LogP contribution in [0.5, 0.6) is 5.75 Å². The summed E-state index contributed by atoms with van der Waals surface area (Å²) in [6.07, 6.45) is 3.71. The highest BCUT2D eigenvalue weighted by Gasteiger charge is 2.06. The van der Waals surface area contributed by atoms with Crippen molar-refractivity contribution in [2.75, 3.05) is 19.1 Å². The van der Waals surface area contributed by atoms with Crippen molar-refractivity contribution in [1.29, 1.82) is 0 Å². The van der Waals surface area contributed by atoms with E-state index in [0.717, 1.165) is 17.7 Å². The molecular formula is C13H13N3O2. The second kappa shape index (κ2) is 5.27. The van der Waals surface area contributed by atoms with E-state index in [1.165, 1.54) is 12.4 Å². The molecule has 92 valence electrons. The van der Waals surface area contributed by atoms with Crippen molar-refractivity contribution in [1.82, 2.24) is 9.97 Å². The average molecular weight is 243 g/mol. The molecule has 0 radical (unpaired) electrons. The normalized spacial score (nSPS) is 9.89. The van der Waals surface area contributed by atoms with Crippen LogP contribution in [-0.2, 0) is 0 Å². The van der Waals surface area contributed by atoms with Crippen LogP contribution in [0, 0.1) is 0 Å². The van der Waals surface area contributed by atoms with Gasteiger partial charge in [0.15, 0.2) is 6.29 Å². The Balaban J connectivity index is 2.22. The number of anilines is 2. The third-order valence-electron chi connectivity index (χ3n) is 2.55. The number of nitrogens with zero attached hydrogens (tertiary/aromatic N) is 3. The molecule has 0 unspecified atom stereocenters. The summed E-state index contributed by atoms with van der Waals surface area (Å²) in [7, 11) is 3.48. The van der Waals surface area contributed by atoms with Crippen molar-refractivity contribution in [3.8, 4) is 5.75 Å². The average Bonchev–Trinajstić information content (AvgIpc) is 2.47. The highest BCUT2D eigenvalue weighted by atomic mass is 16.5. The lowest BCUT2D eigenvalue weighted by atomic mass is 10.3. The van der Waals surface area contributed by atoms with Gasteiger partial charge in [-0.2, -0.15) is 0 Å². The number of ether oxygens (including phenoxy) is 1. The molecule has 5 nitrogen and oxygen atoms in total. The van der Waals surface area contributed by atoms with Gasteiger partial charge >= 0.3 is 0 Å². The van der Waals surface area contributed by atoms with E-state index in [9.17, 15) is 4.79 Å². The largest absolute Gasteiger partial charge is 0.497 e. The number of carbonyl (C=O) groups is 1. The maximum atomic E-state index is 10.5. The minimum Gasteiger partial charge on any atom is -0.497 e. The summed E-state index contributed by atoms with van der Waals surface area (Å²) >= 11 is 0. The van der Waals surface area contributed by atoms with Crippen molar-refractivity contribution in [3.63, 3.8) is 0 Å². The molecule has 0 atom stereocenters. The highest BCUT2D eigenvalue weighted by molar-refractivity contribution is 5.73. The first kappa shape index (κ1) is 12.0. The van der Waals surface area contributed by atoms with E-state index in [1.54, 1.807) is 7.11 Å². The number of hydrogen-bond acceptors (Lipinski definition) is 5. The van der Waals surface area contributed by atoms with Crippen LogP contribution in [0.2, 0.25) is 0 Å². The molecule has 5 heteroatoms. The fourth-order valence-corrected chi connectivity index (χ4v) is 1.49. The SMILES string of the molecule is COc1ccc(N(C)c2ncc(C=O)cn2)cc1. The standard InChI is InChI=1S/C13H13N3O2/c1-16(11-3-5-12(18-2)6-4-11)13-14-7-10(9-17)8-15-13/h3-9H,1-2H3. The molecule has 0 aliphatic heterocycles. The Hall–Kier alpha value is -2.43. The number of hydrogen-bond donors (Lipinski definition) is 0.